The van der Waals surface area contributed by atoms with Gasteiger partial charge in [-0.3, -0.25) is 4.79 Å². The number of thioether (sulfide) groups is 1. The van der Waals surface area contributed by atoms with Gasteiger partial charge in [0.15, 0.2) is 5.16 Å². The van der Waals surface area contributed by atoms with E-state index >= 15 is 0 Å². The third-order valence-corrected chi connectivity index (χ3v) is 3.21. The van der Waals surface area contributed by atoms with Crippen molar-refractivity contribution in [2.75, 3.05) is 12.4 Å². The summed E-state index contributed by atoms with van der Waals surface area (Å²) in [7, 11) is 1.82. The maximum Gasteiger partial charge on any atom is 0.251 e. The van der Waals surface area contributed by atoms with Gasteiger partial charge in [-0.15, -0.1) is 0 Å². The third-order valence-electron chi connectivity index (χ3n) is 2.34. The van der Waals surface area contributed by atoms with Gasteiger partial charge in [0.2, 0.25) is 0 Å². The third kappa shape index (κ3) is 3.78. The van der Waals surface area contributed by atoms with Crippen LogP contribution in [0.3, 0.4) is 0 Å². The van der Waals surface area contributed by atoms with Gasteiger partial charge in [-0.05, 0) is 13.8 Å². The fourth-order valence-electron chi connectivity index (χ4n) is 1.58. The van der Waals surface area contributed by atoms with Crippen molar-refractivity contribution in [1.82, 2.24) is 19.9 Å². The molecule has 0 spiro atoms. The van der Waals surface area contributed by atoms with Gasteiger partial charge in [-0.25, -0.2) is 15.0 Å². The highest BCUT2D eigenvalue weighted by molar-refractivity contribution is 7.98. The summed E-state index contributed by atoms with van der Waals surface area (Å²) in [6.07, 6.45) is 0. The molecule has 7 heteroatoms. The number of aromatic nitrogens is 4. The quantitative estimate of drug-likeness (QED) is 0.651. The summed E-state index contributed by atoms with van der Waals surface area (Å²) in [5.41, 5.74) is 1.46. The number of rotatable bonds is 4. The van der Waals surface area contributed by atoms with Crippen molar-refractivity contribution in [3.8, 4) is 0 Å². The number of hydrogen-bond donors (Lipinski definition) is 2. The number of hydrogen-bond acceptors (Lipinski definition) is 6. The van der Waals surface area contributed by atoms with E-state index in [0.717, 1.165) is 11.5 Å². The van der Waals surface area contributed by atoms with Crippen LogP contribution in [0.4, 0.5) is 5.82 Å². The van der Waals surface area contributed by atoms with Gasteiger partial charge >= 0.3 is 0 Å². The summed E-state index contributed by atoms with van der Waals surface area (Å²) < 4.78 is 0. The van der Waals surface area contributed by atoms with Gasteiger partial charge in [0.1, 0.15) is 11.6 Å². The van der Waals surface area contributed by atoms with Crippen molar-refractivity contribution in [1.29, 1.82) is 0 Å². The standard InChI is InChI=1S/C12H15N5OS/c1-7-4-9(13-3)16-10(14-7)6-19-12-15-8(2)5-11(18)17-12/h4-5H,6H2,1-3H3,(H,13,14,16)(H,15,17,18). The Kier molecular flexibility index (Phi) is 4.16. The molecule has 2 heterocycles. The molecule has 2 aromatic heterocycles. The molecule has 19 heavy (non-hydrogen) atoms. The zero-order valence-corrected chi connectivity index (χ0v) is 11.8. The second-order valence-electron chi connectivity index (χ2n) is 4.04. The number of aryl methyl sites for hydroxylation is 2. The summed E-state index contributed by atoms with van der Waals surface area (Å²) in [5.74, 6) is 2.05. The van der Waals surface area contributed by atoms with E-state index in [1.807, 2.05) is 20.0 Å². The van der Waals surface area contributed by atoms with E-state index in [0.29, 0.717) is 22.4 Å². The SMILES string of the molecule is CNc1cc(C)nc(CSc2nc(C)cc(=O)[nH]2)n1. The van der Waals surface area contributed by atoms with Crippen molar-refractivity contribution in [3.63, 3.8) is 0 Å². The van der Waals surface area contributed by atoms with Crippen molar-refractivity contribution in [2.45, 2.75) is 24.8 Å². The Labute approximate surface area is 115 Å². The molecule has 6 nitrogen and oxygen atoms in total. The Morgan fingerprint density at radius 2 is 1.95 bits per heavy atom. The monoisotopic (exact) mass is 277 g/mol. The Hall–Kier alpha value is -1.89. The van der Waals surface area contributed by atoms with Crippen molar-refractivity contribution < 1.29 is 0 Å². The van der Waals surface area contributed by atoms with Crippen LogP contribution in [0.15, 0.2) is 22.1 Å². The molecule has 2 rings (SSSR count). The van der Waals surface area contributed by atoms with Gasteiger partial charge in [-0.2, -0.15) is 0 Å². The first-order valence-electron chi connectivity index (χ1n) is 5.80. The lowest BCUT2D eigenvalue weighted by atomic mass is 10.4. The van der Waals surface area contributed by atoms with E-state index in [4.69, 9.17) is 0 Å². The Morgan fingerprint density at radius 1 is 1.21 bits per heavy atom. The second-order valence-corrected chi connectivity index (χ2v) is 5.01. The maximum atomic E-state index is 11.3. The lowest BCUT2D eigenvalue weighted by Crippen LogP contribution is -2.08. The number of H-pyrrole nitrogens is 1. The zero-order chi connectivity index (χ0) is 13.8. The van der Waals surface area contributed by atoms with Crippen molar-refractivity contribution >= 4 is 17.6 Å². The normalized spacial score (nSPS) is 10.5. The van der Waals surface area contributed by atoms with Crippen LogP contribution in [0.5, 0.6) is 0 Å². The molecule has 0 atom stereocenters. The van der Waals surface area contributed by atoms with Gasteiger partial charge in [0.25, 0.3) is 5.56 Å². The molecule has 0 fully saturated rings. The van der Waals surface area contributed by atoms with Gasteiger partial charge in [-0.1, -0.05) is 11.8 Å². The molecular weight excluding hydrogens is 262 g/mol. The number of nitrogens with one attached hydrogen (secondary N) is 2. The van der Waals surface area contributed by atoms with Crippen LogP contribution in [0.2, 0.25) is 0 Å². The molecule has 0 unspecified atom stereocenters. The first-order chi connectivity index (χ1) is 9.06. The molecule has 0 aliphatic rings. The highest BCUT2D eigenvalue weighted by Gasteiger charge is 2.04. The maximum absolute atomic E-state index is 11.3. The predicted octanol–water partition coefficient (Wildman–Crippen LogP) is 1.51. The Balaban J connectivity index is 2.14. The molecule has 0 aliphatic carbocycles. The fraction of sp³-hybridized carbons (Fsp3) is 0.333. The predicted molar refractivity (Wildman–Crippen MR) is 75.5 cm³/mol. The summed E-state index contributed by atoms with van der Waals surface area (Å²) in [6.45, 7) is 3.71. The molecule has 0 radical (unpaired) electrons. The lowest BCUT2D eigenvalue weighted by Gasteiger charge is -2.05. The average molecular weight is 277 g/mol. The zero-order valence-electron chi connectivity index (χ0n) is 11.0. The lowest BCUT2D eigenvalue weighted by molar-refractivity contribution is 0.901. The summed E-state index contributed by atoms with van der Waals surface area (Å²) in [6, 6.07) is 3.34. The van der Waals surface area contributed by atoms with Crippen molar-refractivity contribution in [3.05, 3.63) is 39.7 Å². The molecule has 2 N–H and O–H groups in total. The Morgan fingerprint density at radius 3 is 2.63 bits per heavy atom. The minimum atomic E-state index is -0.143. The molecule has 100 valence electrons. The van der Waals surface area contributed by atoms with Gasteiger partial charge in [0.05, 0.1) is 5.75 Å². The largest absolute Gasteiger partial charge is 0.373 e. The minimum Gasteiger partial charge on any atom is -0.373 e. The molecule has 0 bridgehead atoms. The van der Waals surface area contributed by atoms with Gasteiger partial charge < -0.3 is 10.3 Å². The smallest absolute Gasteiger partial charge is 0.251 e. The minimum absolute atomic E-state index is 0.143. The van der Waals surface area contributed by atoms with E-state index in [-0.39, 0.29) is 5.56 Å². The summed E-state index contributed by atoms with van der Waals surface area (Å²) in [4.78, 5) is 27.0. The molecule has 2 aromatic rings. The molecule has 0 saturated heterocycles. The van der Waals surface area contributed by atoms with E-state index in [1.54, 1.807) is 6.92 Å². The number of aromatic amines is 1. The fourth-order valence-corrected chi connectivity index (χ4v) is 2.35. The van der Waals surface area contributed by atoms with E-state index in [9.17, 15) is 4.79 Å². The average Bonchev–Trinajstić information content (AvgIpc) is 2.34. The van der Waals surface area contributed by atoms with Crippen LogP contribution >= 0.6 is 11.8 Å². The van der Waals surface area contributed by atoms with Crippen LogP contribution in [0, 0.1) is 13.8 Å². The molecule has 0 saturated carbocycles. The van der Waals surface area contributed by atoms with Crippen LogP contribution in [-0.4, -0.2) is 27.0 Å². The summed E-state index contributed by atoms with van der Waals surface area (Å²) in [5, 5.41) is 3.58. The highest BCUT2D eigenvalue weighted by atomic mass is 32.2. The second kappa shape index (κ2) is 5.83. The van der Waals surface area contributed by atoms with Crippen LogP contribution in [0.1, 0.15) is 17.2 Å². The van der Waals surface area contributed by atoms with Crippen LogP contribution in [-0.2, 0) is 5.75 Å². The first-order valence-corrected chi connectivity index (χ1v) is 6.78. The van der Waals surface area contributed by atoms with Crippen LogP contribution < -0.4 is 10.9 Å². The molecule has 0 aliphatic heterocycles. The number of nitrogens with zero attached hydrogens (tertiary/aromatic N) is 3. The topological polar surface area (TPSA) is 83.6 Å². The van der Waals surface area contributed by atoms with Crippen molar-refractivity contribution in [2.24, 2.45) is 0 Å². The van der Waals surface area contributed by atoms with Gasteiger partial charge in [0, 0.05) is 30.6 Å². The molecule has 0 aromatic carbocycles. The molecular formula is C12H15N5OS. The van der Waals surface area contributed by atoms with E-state index in [2.05, 4.69) is 25.3 Å². The highest BCUT2D eigenvalue weighted by Crippen LogP contribution is 2.17. The summed E-state index contributed by atoms with van der Waals surface area (Å²) >= 11 is 1.41. The Bertz CT molecular complexity index is 640. The molecule has 0 amide bonds. The van der Waals surface area contributed by atoms with E-state index < -0.39 is 0 Å². The van der Waals surface area contributed by atoms with Crippen LogP contribution in [0.25, 0.3) is 0 Å². The van der Waals surface area contributed by atoms with E-state index in [1.165, 1.54) is 17.8 Å². The number of anilines is 1. The first kappa shape index (κ1) is 13.5.